The Hall–Kier alpha value is -2.55. The Labute approximate surface area is 117 Å². The van der Waals surface area contributed by atoms with E-state index in [2.05, 4.69) is 11.1 Å². The minimum Gasteiger partial charge on any atom is -0.427 e. The molecule has 3 rings (SSSR count). The first-order chi connectivity index (χ1) is 9.83. The van der Waals surface area contributed by atoms with Crippen LogP contribution >= 0.6 is 0 Å². The van der Waals surface area contributed by atoms with Gasteiger partial charge in [-0.05, 0) is 30.2 Å². The van der Waals surface area contributed by atoms with Crippen LogP contribution in [0.3, 0.4) is 0 Å². The van der Waals surface area contributed by atoms with E-state index in [9.17, 15) is 4.79 Å². The van der Waals surface area contributed by atoms with Crippen molar-refractivity contribution in [2.75, 3.05) is 0 Å². The molecular weight excluding hydrogens is 250 g/mol. The number of aromatic amines is 1. The number of hydrogen-bond acceptors (Lipinski definition) is 2. The first-order valence-corrected chi connectivity index (χ1v) is 6.63. The standard InChI is InChI=1S/C17H15NO2/c19-17(20-14-6-2-1-3-7-14)11-10-13-12-18-16-9-5-4-8-15(13)16/h1-9,12,18H,10-11H2. The second-order valence-corrected chi connectivity index (χ2v) is 4.65. The lowest BCUT2D eigenvalue weighted by Crippen LogP contribution is -2.08. The zero-order chi connectivity index (χ0) is 13.8. The molecule has 0 aliphatic rings. The molecule has 2 aromatic carbocycles. The van der Waals surface area contributed by atoms with Crippen LogP contribution < -0.4 is 4.74 Å². The molecule has 0 saturated carbocycles. The summed E-state index contributed by atoms with van der Waals surface area (Å²) in [6, 6.07) is 17.2. The van der Waals surface area contributed by atoms with E-state index in [1.165, 1.54) is 5.39 Å². The normalized spacial score (nSPS) is 10.6. The third-order valence-corrected chi connectivity index (χ3v) is 3.25. The highest BCUT2D eigenvalue weighted by atomic mass is 16.5. The second-order valence-electron chi connectivity index (χ2n) is 4.65. The number of nitrogens with one attached hydrogen (secondary N) is 1. The van der Waals surface area contributed by atoms with Crippen LogP contribution in [0.15, 0.2) is 60.8 Å². The Morgan fingerprint density at radius 1 is 1.00 bits per heavy atom. The summed E-state index contributed by atoms with van der Waals surface area (Å²) in [6.45, 7) is 0. The molecule has 3 nitrogen and oxygen atoms in total. The lowest BCUT2D eigenvalue weighted by atomic mass is 10.1. The van der Waals surface area contributed by atoms with Gasteiger partial charge < -0.3 is 9.72 Å². The van der Waals surface area contributed by atoms with Gasteiger partial charge in [0.15, 0.2) is 0 Å². The largest absolute Gasteiger partial charge is 0.427 e. The monoisotopic (exact) mass is 265 g/mol. The number of ether oxygens (including phenoxy) is 1. The highest BCUT2D eigenvalue weighted by molar-refractivity contribution is 5.83. The van der Waals surface area contributed by atoms with Crippen molar-refractivity contribution < 1.29 is 9.53 Å². The van der Waals surface area contributed by atoms with Crippen molar-refractivity contribution in [2.24, 2.45) is 0 Å². The minimum absolute atomic E-state index is 0.207. The van der Waals surface area contributed by atoms with E-state index in [-0.39, 0.29) is 5.97 Å². The summed E-state index contributed by atoms with van der Waals surface area (Å²) in [4.78, 5) is 15.0. The Balaban J connectivity index is 1.63. The molecule has 1 N–H and O–H groups in total. The second kappa shape index (κ2) is 5.61. The number of hydrogen-bond donors (Lipinski definition) is 1. The molecule has 0 unspecified atom stereocenters. The van der Waals surface area contributed by atoms with Crippen LogP contribution in [-0.4, -0.2) is 11.0 Å². The highest BCUT2D eigenvalue weighted by Crippen LogP contribution is 2.19. The minimum atomic E-state index is -0.207. The topological polar surface area (TPSA) is 42.1 Å². The molecule has 0 aliphatic carbocycles. The molecule has 0 bridgehead atoms. The molecule has 0 spiro atoms. The van der Waals surface area contributed by atoms with Crippen LogP contribution in [0.2, 0.25) is 0 Å². The van der Waals surface area contributed by atoms with Crippen molar-refractivity contribution >= 4 is 16.9 Å². The molecule has 1 heterocycles. The van der Waals surface area contributed by atoms with Crippen LogP contribution in [0.4, 0.5) is 0 Å². The van der Waals surface area contributed by atoms with Gasteiger partial charge in [-0.3, -0.25) is 4.79 Å². The van der Waals surface area contributed by atoms with E-state index in [1.54, 1.807) is 12.1 Å². The number of esters is 1. The van der Waals surface area contributed by atoms with Crippen molar-refractivity contribution in [1.29, 1.82) is 0 Å². The number of rotatable bonds is 4. The number of carbonyl (C=O) groups is 1. The van der Waals surface area contributed by atoms with Crippen molar-refractivity contribution in [3.63, 3.8) is 0 Å². The van der Waals surface area contributed by atoms with Crippen molar-refractivity contribution in [3.8, 4) is 5.75 Å². The van der Waals surface area contributed by atoms with Gasteiger partial charge in [0, 0.05) is 17.1 Å². The summed E-state index contributed by atoms with van der Waals surface area (Å²) in [5.74, 6) is 0.387. The summed E-state index contributed by atoms with van der Waals surface area (Å²) in [7, 11) is 0. The Morgan fingerprint density at radius 3 is 2.60 bits per heavy atom. The predicted molar refractivity (Wildman–Crippen MR) is 78.7 cm³/mol. The molecule has 0 radical (unpaired) electrons. The van der Waals surface area contributed by atoms with Crippen molar-refractivity contribution in [2.45, 2.75) is 12.8 Å². The molecule has 1 aromatic heterocycles. The van der Waals surface area contributed by atoms with Gasteiger partial charge in [0.2, 0.25) is 0 Å². The van der Waals surface area contributed by atoms with E-state index in [0.29, 0.717) is 18.6 Å². The maximum atomic E-state index is 11.8. The lowest BCUT2D eigenvalue weighted by molar-refractivity contribution is -0.134. The molecule has 0 amide bonds. The van der Waals surface area contributed by atoms with Gasteiger partial charge in [-0.2, -0.15) is 0 Å². The van der Waals surface area contributed by atoms with E-state index < -0.39 is 0 Å². The van der Waals surface area contributed by atoms with Gasteiger partial charge >= 0.3 is 5.97 Å². The fourth-order valence-corrected chi connectivity index (χ4v) is 2.25. The fourth-order valence-electron chi connectivity index (χ4n) is 2.25. The maximum Gasteiger partial charge on any atom is 0.311 e. The lowest BCUT2D eigenvalue weighted by Gasteiger charge is -2.03. The summed E-state index contributed by atoms with van der Waals surface area (Å²) in [6.07, 6.45) is 3.01. The van der Waals surface area contributed by atoms with Gasteiger partial charge in [-0.1, -0.05) is 36.4 Å². The Kier molecular flexibility index (Phi) is 3.50. The average Bonchev–Trinajstić information content (AvgIpc) is 2.89. The van der Waals surface area contributed by atoms with E-state index in [4.69, 9.17) is 4.74 Å². The number of benzene rings is 2. The highest BCUT2D eigenvalue weighted by Gasteiger charge is 2.08. The van der Waals surface area contributed by atoms with Gasteiger partial charge in [0.25, 0.3) is 0 Å². The van der Waals surface area contributed by atoms with Crippen LogP contribution in [0.1, 0.15) is 12.0 Å². The van der Waals surface area contributed by atoms with Gasteiger partial charge in [-0.15, -0.1) is 0 Å². The van der Waals surface area contributed by atoms with Gasteiger partial charge in [0.1, 0.15) is 5.75 Å². The molecule has 0 fully saturated rings. The first-order valence-electron chi connectivity index (χ1n) is 6.63. The number of para-hydroxylation sites is 2. The van der Waals surface area contributed by atoms with E-state index >= 15 is 0 Å². The molecular formula is C17H15NO2. The number of aryl methyl sites for hydroxylation is 1. The van der Waals surface area contributed by atoms with Crippen LogP contribution in [0, 0.1) is 0 Å². The predicted octanol–water partition coefficient (Wildman–Crippen LogP) is 3.71. The zero-order valence-electron chi connectivity index (χ0n) is 11.0. The number of carbonyl (C=O) groups excluding carboxylic acids is 1. The summed E-state index contributed by atoms with van der Waals surface area (Å²) in [5.41, 5.74) is 2.24. The summed E-state index contributed by atoms with van der Waals surface area (Å²) >= 11 is 0. The van der Waals surface area contributed by atoms with E-state index in [0.717, 1.165) is 11.1 Å². The Bertz CT molecular complexity index is 716. The number of aromatic nitrogens is 1. The smallest absolute Gasteiger partial charge is 0.311 e. The number of fused-ring (bicyclic) bond motifs is 1. The molecule has 100 valence electrons. The van der Waals surface area contributed by atoms with Gasteiger partial charge in [-0.25, -0.2) is 0 Å². The third kappa shape index (κ3) is 2.72. The summed E-state index contributed by atoms with van der Waals surface area (Å²) < 4.78 is 5.28. The SMILES string of the molecule is O=C(CCc1c[nH]c2ccccc12)Oc1ccccc1. The van der Waals surface area contributed by atoms with Crippen LogP contribution in [0.5, 0.6) is 5.75 Å². The molecule has 20 heavy (non-hydrogen) atoms. The Morgan fingerprint density at radius 2 is 1.75 bits per heavy atom. The van der Waals surface area contributed by atoms with E-state index in [1.807, 2.05) is 42.6 Å². The average molecular weight is 265 g/mol. The first kappa shape index (κ1) is 12.5. The molecule has 0 saturated heterocycles. The number of H-pyrrole nitrogens is 1. The quantitative estimate of drug-likeness (QED) is 0.577. The molecule has 0 aliphatic heterocycles. The van der Waals surface area contributed by atoms with Crippen molar-refractivity contribution in [3.05, 3.63) is 66.4 Å². The zero-order valence-corrected chi connectivity index (χ0v) is 11.0. The maximum absolute atomic E-state index is 11.8. The van der Waals surface area contributed by atoms with Crippen molar-refractivity contribution in [1.82, 2.24) is 4.98 Å². The fraction of sp³-hybridized carbons (Fsp3) is 0.118. The molecule has 3 aromatic rings. The summed E-state index contributed by atoms with van der Waals surface area (Å²) in [5, 5.41) is 1.17. The molecule has 0 atom stereocenters. The third-order valence-electron chi connectivity index (χ3n) is 3.25. The molecule has 3 heteroatoms. The van der Waals surface area contributed by atoms with Gasteiger partial charge in [0.05, 0.1) is 6.42 Å². The van der Waals surface area contributed by atoms with Crippen LogP contribution in [-0.2, 0) is 11.2 Å². The van der Waals surface area contributed by atoms with Crippen LogP contribution in [0.25, 0.3) is 10.9 Å².